The number of hydrogen-bond donors (Lipinski definition) is 1. The van der Waals surface area contributed by atoms with Gasteiger partial charge in [-0.1, -0.05) is 19.1 Å². The lowest BCUT2D eigenvalue weighted by Crippen LogP contribution is -2.11. The zero-order chi connectivity index (χ0) is 13.7. The Morgan fingerprint density at radius 2 is 2.05 bits per heavy atom. The molecule has 0 bridgehead atoms. The van der Waals surface area contributed by atoms with E-state index in [2.05, 4.69) is 11.9 Å². The van der Waals surface area contributed by atoms with E-state index in [1.165, 1.54) is 0 Å². The van der Waals surface area contributed by atoms with Crippen molar-refractivity contribution >= 4 is 0 Å². The maximum Gasteiger partial charge on any atom is 0.118 e. The Morgan fingerprint density at radius 1 is 1.32 bits per heavy atom. The molecule has 0 fully saturated rings. The number of imidazole rings is 1. The van der Waals surface area contributed by atoms with Crippen LogP contribution < -0.4 is 4.74 Å². The Kier molecular flexibility index (Phi) is 4.58. The predicted octanol–water partition coefficient (Wildman–Crippen LogP) is 2.58. The third-order valence-corrected chi connectivity index (χ3v) is 3.15. The molecule has 0 aliphatic rings. The van der Waals surface area contributed by atoms with E-state index in [0.717, 1.165) is 30.0 Å². The summed E-state index contributed by atoms with van der Waals surface area (Å²) in [4.78, 5) is 4.31. The van der Waals surface area contributed by atoms with Gasteiger partial charge in [0.05, 0.1) is 19.8 Å². The van der Waals surface area contributed by atoms with Gasteiger partial charge in [-0.2, -0.15) is 0 Å². The van der Waals surface area contributed by atoms with Crippen LogP contribution in [-0.2, 0) is 13.0 Å². The Labute approximate surface area is 113 Å². The lowest BCUT2D eigenvalue weighted by Gasteiger charge is -2.14. The number of aromatic nitrogens is 2. The number of methoxy groups -OCH3 is 1. The van der Waals surface area contributed by atoms with Crippen molar-refractivity contribution in [3.8, 4) is 5.75 Å². The smallest absolute Gasteiger partial charge is 0.118 e. The second-order valence-electron chi connectivity index (χ2n) is 4.53. The minimum Gasteiger partial charge on any atom is -0.497 e. The highest BCUT2D eigenvalue weighted by Gasteiger charge is 2.10. The first-order valence-corrected chi connectivity index (χ1v) is 6.56. The maximum atomic E-state index is 10.3. The van der Waals surface area contributed by atoms with Gasteiger partial charge in [0.25, 0.3) is 0 Å². The van der Waals surface area contributed by atoms with Crippen LogP contribution in [0.25, 0.3) is 0 Å². The molecule has 0 saturated carbocycles. The number of hydrogen-bond acceptors (Lipinski definition) is 3. The van der Waals surface area contributed by atoms with Gasteiger partial charge >= 0.3 is 0 Å². The van der Waals surface area contributed by atoms with Crippen molar-refractivity contribution in [2.24, 2.45) is 0 Å². The summed E-state index contributed by atoms with van der Waals surface area (Å²) in [6, 6.07) is 7.50. The molecule has 1 heterocycles. The largest absolute Gasteiger partial charge is 0.497 e. The Hall–Kier alpha value is -1.81. The molecule has 0 aliphatic carbocycles. The fraction of sp³-hybridized carbons (Fsp3) is 0.400. The van der Waals surface area contributed by atoms with Gasteiger partial charge in [-0.15, -0.1) is 0 Å². The summed E-state index contributed by atoms with van der Waals surface area (Å²) in [5, 5.41) is 10.3. The maximum absolute atomic E-state index is 10.3. The van der Waals surface area contributed by atoms with Gasteiger partial charge in [-0.05, 0) is 24.1 Å². The fourth-order valence-corrected chi connectivity index (χ4v) is 2.08. The highest BCUT2D eigenvalue weighted by molar-refractivity contribution is 5.28. The molecule has 1 aromatic heterocycles. The van der Waals surface area contributed by atoms with Crippen LogP contribution in [0.4, 0.5) is 0 Å². The molecule has 0 radical (unpaired) electrons. The normalized spacial score (nSPS) is 12.4. The molecular formula is C15H20N2O2. The van der Waals surface area contributed by atoms with Crippen LogP contribution >= 0.6 is 0 Å². The number of aryl methyl sites for hydroxylation is 1. The second-order valence-corrected chi connectivity index (χ2v) is 4.53. The van der Waals surface area contributed by atoms with Crippen LogP contribution in [0.2, 0.25) is 0 Å². The third-order valence-electron chi connectivity index (χ3n) is 3.15. The van der Waals surface area contributed by atoms with Crippen molar-refractivity contribution in [1.29, 1.82) is 0 Å². The third kappa shape index (κ3) is 3.35. The number of aliphatic hydroxyl groups is 1. The SMILES string of the molecule is CCCc1nccn1CC(O)c1ccc(OC)cc1. The van der Waals surface area contributed by atoms with Gasteiger partial charge in [0, 0.05) is 18.8 Å². The molecule has 2 rings (SSSR count). The fourth-order valence-electron chi connectivity index (χ4n) is 2.08. The van der Waals surface area contributed by atoms with E-state index in [1.807, 2.05) is 35.0 Å². The van der Waals surface area contributed by atoms with Crippen LogP contribution in [0.3, 0.4) is 0 Å². The van der Waals surface area contributed by atoms with Crippen LogP contribution in [0.15, 0.2) is 36.7 Å². The van der Waals surface area contributed by atoms with Crippen molar-refractivity contribution in [2.75, 3.05) is 7.11 Å². The van der Waals surface area contributed by atoms with Crippen molar-refractivity contribution < 1.29 is 9.84 Å². The Morgan fingerprint density at radius 3 is 2.68 bits per heavy atom. The summed E-state index contributed by atoms with van der Waals surface area (Å²) in [5.74, 6) is 1.82. The van der Waals surface area contributed by atoms with Gasteiger partial charge in [0.2, 0.25) is 0 Å². The molecule has 19 heavy (non-hydrogen) atoms. The summed E-state index contributed by atoms with van der Waals surface area (Å²) in [6.45, 7) is 2.65. The monoisotopic (exact) mass is 260 g/mol. The quantitative estimate of drug-likeness (QED) is 0.868. The average Bonchev–Trinajstić information content (AvgIpc) is 2.86. The Balaban J connectivity index is 2.06. The van der Waals surface area contributed by atoms with Gasteiger partial charge in [-0.25, -0.2) is 4.98 Å². The lowest BCUT2D eigenvalue weighted by molar-refractivity contribution is 0.155. The lowest BCUT2D eigenvalue weighted by atomic mass is 10.1. The highest BCUT2D eigenvalue weighted by atomic mass is 16.5. The zero-order valence-electron chi connectivity index (χ0n) is 11.4. The van der Waals surface area contributed by atoms with E-state index in [1.54, 1.807) is 13.3 Å². The number of aliphatic hydroxyl groups excluding tert-OH is 1. The molecule has 1 N–H and O–H groups in total. The zero-order valence-corrected chi connectivity index (χ0v) is 11.4. The van der Waals surface area contributed by atoms with Gasteiger partial charge in [-0.3, -0.25) is 0 Å². The van der Waals surface area contributed by atoms with Crippen molar-refractivity contribution in [3.05, 3.63) is 48.0 Å². The van der Waals surface area contributed by atoms with Gasteiger partial charge in [0.1, 0.15) is 11.6 Å². The summed E-state index contributed by atoms with van der Waals surface area (Å²) in [6.07, 6.45) is 5.15. The molecular weight excluding hydrogens is 240 g/mol. The van der Waals surface area contributed by atoms with E-state index < -0.39 is 6.10 Å². The van der Waals surface area contributed by atoms with Crippen molar-refractivity contribution in [2.45, 2.75) is 32.4 Å². The summed E-state index contributed by atoms with van der Waals surface area (Å²) in [7, 11) is 1.63. The van der Waals surface area contributed by atoms with E-state index in [4.69, 9.17) is 4.74 Å². The van der Waals surface area contributed by atoms with Gasteiger partial charge in [0.15, 0.2) is 0 Å². The first-order valence-electron chi connectivity index (χ1n) is 6.56. The molecule has 0 aliphatic heterocycles. The molecule has 1 atom stereocenters. The number of ether oxygens (including phenoxy) is 1. The minimum atomic E-state index is -0.532. The van der Waals surface area contributed by atoms with E-state index in [-0.39, 0.29) is 0 Å². The first-order chi connectivity index (χ1) is 9.24. The molecule has 0 amide bonds. The van der Waals surface area contributed by atoms with E-state index in [9.17, 15) is 5.11 Å². The average molecular weight is 260 g/mol. The van der Waals surface area contributed by atoms with E-state index >= 15 is 0 Å². The van der Waals surface area contributed by atoms with Crippen LogP contribution in [0.1, 0.15) is 30.8 Å². The molecule has 2 aromatic rings. The number of benzene rings is 1. The Bertz CT molecular complexity index is 505. The van der Waals surface area contributed by atoms with E-state index in [0.29, 0.717) is 6.54 Å². The number of nitrogens with zero attached hydrogens (tertiary/aromatic N) is 2. The van der Waals surface area contributed by atoms with Crippen LogP contribution in [-0.4, -0.2) is 21.8 Å². The molecule has 0 saturated heterocycles. The van der Waals surface area contributed by atoms with Crippen molar-refractivity contribution in [3.63, 3.8) is 0 Å². The highest BCUT2D eigenvalue weighted by Crippen LogP contribution is 2.19. The topological polar surface area (TPSA) is 47.3 Å². The first kappa shape index (κ1) is 13.6. The standard InChI is InChI=1S/C15H20N2O2/c1-3-4-15-16-9-10-17(15)11-14(18)12-5-7-13(19-2)8-6-12/h5-10,14,18H,3-4,11H2,1-2H3. The summed E-state index contributed by atoms with van der Waals surface area (Å²) < 4.78 is 7.12. The van der Waals surface area contributed by atoms with Crippen LogP contribution in [0, 0.1) is 0 Å². The molecule has 1 aromatic carbocycles. The molecule has 102 valence electrons. The number of rotatable bonds is 6. The molecule has 1 unspecified atom stereocenters. The molecule has 4 nitrogen and oxygen atoms in total. The van der Waals surface area contributed by atoms with Crippen molar-refractivity contribution in [1.82, 2.24) is 9.55 Å². The second kappa shape index (κ2) is 6.38. The molecule has 0 spiro atoms. The predicted molar refractivity (Wildman–Crippen MR) is 74.2 cm³/mol. The summed E-state index contributed by atoms with van der Waals surface area (Å²) >= 11 is 0. The van der Waals surface area contributed by atoms with Crippen LogP contribution in [0.5, 0.6) is 5.75 Å². The van der Waals surface area contributed by atoms with Gasteiger partial charge < -0.3 is 14.4 Å². The minimum absolute atomic E-state index is 0.529. The summed E-state index contributed by atoms with van der Waals surface area (Å²) in [5.41, 5.74) is 0.886. The molecule has 4 heteroatoms.